The number of nitrogens with one attached hydrogen (secondary N) is 2. The monoisotopic (exact) mass is 590 g/mol. The molecule has 1 aromatic carbocycles. The Morgan fingerprint density at radius 3 is 2.48 bits per heavy atom. The summed E-state index contributed by atoms with van der Waals surface area (Å²) in [5, 5.41) is 5.73. The lowest BCUT2D eigenvalue weighted by molar-refractivity contribution is -0.150. The summed E-state index contributed by atoms with van der Waals surface area (Å²) in [7, 11) is 0. The number of unbranched alkanes of at least 4 members (excludes halogenated alkanes) is 4. The van der Waals surface area contributed by atoms with Gasteiger partial charge >= 0.3 is 6.18 Å². The first-order chi connectivity index (χ1) is 19.8. The third kappa shape index (κ3) is 5.56. The van der Waals surface area contributed by atoms with Gasteiger partial charge in [0.2, 0.25) is 17.6 Å². The highest BCUT2D eigenvalue weighted by Gasteiger charge is 2.60. The number of fused-ring (bicyclic) bond motifs is 3. The average Bonchev–Trinajstić information content (AvgIpc) is 3.25. The smallest absolute Gasteiger partial charge is 0.449 e. The molecule has 2 amide bonds. The Morgan fingerprint density at radius 2 is 1.81 bits per heavy atom. The molecule has 1 unspecified atom stereocenters. The third-order valence-electron chi connectivity index (χ3n) is 10.4. The molecule has 2 N–H and O–H groups in total. The van der Waals surface area contributed by atoms with Crippen LogP contribution in [0.3, 0.4) is 0 Å². The fourth-order valence-corrected chi connectivity index (χ4v) is 7.48. The molecule has 0 spiro atoms. The molecule has 230 valence electrons. The van der Waals surface area contributed by atoms with Crippen LogP contribution in [-0.2, 0) is 15.8 Å². The predicted molar refractivity (Wildman–Crippen MR) is 152 cm³/mol. The molecule has 2 saturated carbocycles. The van der Waals surface area contributed by atoms with Crippen molar-refractivity contribution in [3.05, 3.63) is 34.4 Å². The molecule has 4 atom stereocenters. The van der Waals surface area contributed by atoms with Crippen LogP contribution < -0.4 is 20.9 Å². The van der Waals surface area contributed by atoms with E-state index in [0.717, 1.165) is 44.6 Å². The maximum Gasteiger partial charge on any atom is 0.449 e. The Kier molecular flexibility index (Phi) is 8.44. The van der Waals surface area contributed by atoms with Crippen molar-refractivity contribution >= 4 is 22.7 Å². The number of amides is 2. The number of halogens is 3. The molecule has 3 fully saturated rings. The molecule has 1 aromatic heterocycles. The van der Waals surface area contributed by atoms with Crippen molar-refractivity contribution < 1.29 is 27.5 Å². The van der Waals surface area contributed by atoms with Crippen LogP contribution in [0, 0.1) is 16.7 Å². The summed E-state index contributed by atoms with van der Waals surface area (Å²) >= 11 is 0. The highest BCUT2D eigenvalue weighted by molar-refractivity contribution is 5.99. The van der Waals surface area contributed by atoms with Crippen LogP contribution >= 0.6 is 0 Å². The zero-order valence-corrected chi connectivity index (χ0v) is 24.6. The van der Waals surface area contributed by atoms with Crippen LogP contribution in [0.2, 0.25) is 0 Å². The van der Waals surface area contributed by atoms with Crippen molar-refractivity contribution in [2.45, 2.75) is 103 Å². The van der Waals surface area contributed by atoms with Gasteiger partial charge in [-0.2, -0.15) is 13.2 Å². The molecule has 2 heterocycles. The number of hydrogen-bond acceptors (Lipinski definition) is 6. The van der Waals surface area contributed by atoms with Gasteiger partial charge in [0, 0.05) is 12.5 Å². The minimum atomic E-state index is -4.98. The minimum absolute atomic E-state index is 0.112. The van der Waals surface area contributed by atoms with Crippen molar-refractivity contribution in [2.75, 3.05) is 13.2 Å². The number of ether oxygens (including phenoxy) is 1. The third-order valence-corrected chi connectivity index (χ3v) is 10.4. The molecule has 3 aliphatic rings. The molecule has 11 heteroatoms. The molecule has 5 rings (SSSR count). The molecule has 1 aliphatic heterocycles. The Balaban J connectivity index is 1.15. The lowest BCUT2D eigenvalue weighted by Crippen LogP contribution is -2.46. The molecule has 8 nitrogen and oxygen atoms in total. The van der Waals surface area contributed by atoms with Crippen molar-refractivity contribution in [3.8, 4) is 5.75 Å². The number of carbonyl (C=O) groups excluding carboxylic acids is 2. The maximum atomic E-state index is 13.9. The topological polar surface area (TPSA) is 102 Å². The number of nitrogens with zero attached hydrogens (tertiary/aromatic N) is 2. The van der Waals surface area contributed by atoms with Crippen LogP contribution in [0.15, 0.2) is 23.0 Å². The molecular formula is C31H41F3N4O4. The van der Waals surface area contributed by atoms with Crippen molar-refractivity contribution in [3.63, 3.8) is 0 Å². The fraction of sp³-hybridized carbons (Fsp3) is 0.677. The van der Waals surface area contributed by atoms with Crippen LogP contribution in [0.4, 0.5) is 13.2 Å². The van der Waals surface area contributed by atoms with E-state index in [1.165, 1.54) is 37.5 Å². The van der Waals surface area contributed by atoms with E-state index in [2.05, 4.69) is 31.1 Å². The first-order valence-corrected chi connectivity index (χ1v) is 15.2. The number of aromatic nitrogens is 2. The number of imide groups is 1. The van der Waals surface area contributed by atoms with Gasteiger partial charge in [-0.15, -0.1) is 0 Å². The number of benzene rings is 1. The summed E-state index contributed by atoms with van der Waals surface area (Å²) in [6.07, 6.45) is 3.46. The van der Waals surface area contributed by atoms with E-state index in [0.29, 0.717) is 28.0 Å². The summed E-state index contributed by atoms with van der Waals surface area (Å²) in [5.41, 5.74) is -0.388. The minimum Gasteiger partial charge on any atom is -0.493 e. The number of hydrogen-bond donors (Lipinski definition) is 2. The second-order valence-electron chi connectivity index (χ2n) is 13.0. The summed E-state index contributed by atoms with van der Waals surface area (Å²) < 4.78 is 48.0. The van der Waals surface area contributed by atoms with Gasteiger partial charge in [0.1, 0.15) is 17.2 Å². The van der Waals surface area contributed by atoms with E-state index in [-0.39, 0.29) is 29.5 Å². The molecule has 1 saturated heterocycles. The normalized spacial score (nSPS) is 27.0. The van der Waals surface area contributed by atoms with Gasteiger partial charge in [0.05, 0.1) is 12.1 Å². The highest BCUT2D eigenvalue weighted by atomic mass is 19.4. The van der Waals surface area contributed by atoms with E-state index in [9.17, 15) is 27.6 Å². The molecule has 0 radical (unpaired) electrons. The summed E-state index contributed by atoms with van der Waals surface area (Å²) in [6.45, 7) is 8.62. The van der Waals surface area contributed by atoms with E-state index < -0.39 is 35.4 Å². The van der Waals surface area contributed by atoms with Crippen molar-refractivity contribution in [2.24, 2.45) is 16.7 Å². The van der Waals surface area contributed by atoms with Gasteiger partial charge in [0.25, 0.3) is 5.56 Å². The van der Waals surface area contributed by atoms with Crippen molar-refractivity contribution in [1.82, 2.24) is 20.2 Å². The first-order valence-electron chi connectivity index (χ1n) is 15.2. The highest BCUT2D eigenvalue weighted by Crippen LogP contribution is 2.65. The molecule has 2 aliphatic carbocycles. The van der Waals surface area contributed by atoms with E-state index >= 15 is 0 Å². The largest absolute Gasteiger partial charge is 0.493 e. The number of piperidine rings is 1. The lowest BCUT2D eigenvalue weighted by atomic mass is 9.69. The average molecular weight is 591 g/mol. The Labute approximate surface area is 243 Å². The van der Waals surface area contributed by atoms with Gasteiger partial charge in [-0.05, 0) is 74.0 Å². The number of rotatable bonds is 11. The van der Waals surface area contributed by atoms with Crippen LogP contribution in [0.25, 0.3) is 10.9 Å². The van der Waals surface area contributed by atoms with Gasteiger partial charge in [-0.1, -0.05) is 46.1 Å². The summed E-state index contributed by atoms with van der Waals surface area (Å²) in [4.78, 5) is 41.1. The second-order valence-corrected chi connectivity index (χ2v) is 13.0. The number of carbonyl (C=O) groups is 2. The molecule has 42 heavy (non-hydrogen) atoms. The molecular weight excluding hydrogens is 549 g/mol. The molecule has 2 bridgehead atoms. The van der Waals surface area contributed by atoms with E-state index in [1.807, 2.05) is 5.32 Å². The summed E-state index contributed by atoms with van der Waals surface area (Å²) in [6, 6.07) is 3.44. The van der Waals surface area contributed by atoms with Gasteiger partial charge in [-0.25, -0.2) is 4.98 Å². The van der Waals surface area contributed by atoms with Crippen LogP contribution in [0.5, 0.6) is 5.75 Å². The maximum absolute atomic E-state index is 13.9. The van der Waals surface area contributed by atoms with Crippen LogP contribution in [-0.4, -0.2) is 40.6 Å². The summed E-state index contributed by atoms with van der Waals surface area (Å²) in [5.74, 6) is -2.07. The van der Waals surface area contributed by atoms with E-state index in [1.54, 1.807) is 0 Å². The van der Waals surface area contributed by atoms with Gasteiger partial charge in [-0.3, -0.25) is 24.3 Å². The zero-order chi connectivity index (χ0) is 30.3. The first kappa shape index (κ1) is 30.5. The quantitative estimate of drug-likeness (QED) is 0.264. The lowest BCUT2D eigenvalue weighted by Gasteiger charge is -2.39. The van der Waals surface area contributed by atoms with Crippen molar-refractivity contribution in [1.29, 1.82) is 0 Å². The Morgan fingerprint density at radius 1 is 1.07 bits per heavy atom. The number of alkyl halides is 3. The molecule has 2 aromatic rings. The standard InChI is InChI=1S/C31H41F3N4O4/c1-29(2)19-14-15-30(29,3)23(18-19)35-16-7-5-4-6-8-17-42-22-11-9-10-20-25(22)27(41)38(28(36-20)31(32,33)34)21-12-13-24(39)37-26(21)40/h9-11,19,21,23,35H,4-8,12-18H2,1-3H3,(H,37,39,40)/t19-,21+,23?,30+/m1/s1. The zero-order valence-electron chi connectivity index (χ0n) is 24.6. The Hall–Kier alpha value is -2.95. The second kappa shape index (κ2) is 11.6. The van der Waals surface area contributed by atoms with E-state index in [4.69, 9.17) is 4.74 Å². The fourth-order valence-electron chi connectivity index (χ4n) is 7.48. The van der Waals surface area contributed by atoms with Gasteiger partial charge < -0.3 is 10.1 Å². The van der Waals surface area contributed by atoms with Crippen LogP contribution in [0.1, 0.15) is 96.8 Å². The van der Waals surface area contributed by atoms with Gasteiger partial charge in [0.15, 0.2) is 0 Å². The predicted octanol–water partition coefficient (Wildman–Crippen LogP) is 5.53. The SMILES string of the molecule is CC1(C)[C@@H]2CC[C@@]1(C)C(NCCCCCCCOc1cccc3nc(C(F)(F)F)n([C@H]4CCC(=O)NC4=O)c(=O)c13)C2. The Bertz CT molecular complexity index is 1410.